The first-order valence-electron chi connectivity index (χ1n) is 19.7. The quantitative estimate of drug-likeness (QED) is 0.0736. The van der Waals surface area contributed by atoms with Crippen molar-refractivity contribution in [2.45, 2.75) is 97.4 Å². The third-order valence-corrected chi connectivity index (χ3v) is 13.8. The number of hydrogen-bond acceptors (Lipinski definition) is 14. The molecule has 6 aromatic rings. The van der Waals surface area contributed by atoms with Crippen molar-refractivity contribution >= 4 is 56.1 Å². The molecule has 6 aromatic heterocycles. The predicted octanol–water partition coefficient (Wildman–Crippen LogP) is 5.12. The molecule has 0 saturated heterocycles. The molecule has 0 spiro atoms. The Morgan fingerprint density at radius 1 is 0.746 bits per heavy atom. The molecule has 18 nitrogen and oxygen atoms in total. The Morgan fingerprint density at radius 2 is 1.22 bits per heavy atom. The van der Waals surface area contributed by atoms with E-state index in [9.17, 15) is 9.90 Å². The summed E-state index contributed by atoms with van der Waals surface area (Å²) in [4.78, 5) is 33.7. The van der Waals surface area contributed by atoms with Crippen LogP contribution in [-0.4, -0.2) is 103 Å². The Morgan fingerprint density at radius 3 is 1.69 bits per heavy atom. The summed E-state index contributed by atoms with van der Waals surface area (Å²) < 4.78 is 32.7. The van der Waals surface area contributed by atoms with Gasteiger partial charge in [0.05, 0.1) is 23.1 Å². The number of carbonyl (C=O) groups is 1. The van der Waals surface area contributed by atoms with E-state index in [1.807, 2.05) is 27.6 Å². The number of hydrogen-bond donors (Lipinski definition) is 3. The van der Waals surface area contributed by atoms with Crippen LogP contribution in [0.2, 0.25) is 51.4 Å². The number of H-pyrrole nitrogens is 2. The monoisotopic (exact) mass is 885 g/mol. The van der Waals surface area contributed by atoms with Gasteiger partial charge in [0.25, 0.3) is 0 Å². The summed E-state index contributed by atoms with van der Waals surface area (Å²) in [5.74, 6) is 1.80. The number of aromatic nitrogens is 10. The van der Waals surface area contributed by atoms with E-state index in [0.717, 1.165) is 119 Å². The number of nitrogens with zero attached hydrogens (tertiary/aromatic N) is 10. The molecule has 59 heavy (non-hydrogen) atoms. The van der Waals surface area contributed by atoms with Gasteiger partial charge in [-0.1, -0.05) is 39.3 Å². The number of carbonyl (C=O) groups excluding carboxylic acids is 1. The number of ether oxygens (including phenoxy) is 2. The maximum absolute atomic E-state index is 11.2. The van der Waals surface area contributed by atoms with Crippen LogP contribution in [0.1, 0.15) is 38.7 Å². The van der Waals surface area contributed by atoms with Crippen LogP contribution in [0.5, 0.6) is 0 Å². The van der Waals surface area contributed by atoms with Crippen molar-refractivity contribution in [1.82, 2.24) is 49.5 Å². The maximum atomic E-state index is 11.2. The molecular weight excluding hydrogens is 832 g/mol. The Bertz CT molecular complexity index is 2360. The molecule has 2 aliphatic rings. The van der Waals surface area contributed by atoms with Gasteiger partial charge < -0.3 is 33.5 Å². The number of aliphatic hydroxyl groups is 1. The second-order valence-electron chi connectivity index (χ2n) is 17.0. The fourth-order valence-corrected chi connectivity index (χ4v) is 8.55. The summed E-state index contributed by atoms with van der Waals surface area (Å²) in [6.07, 6.45) is 9.71. The normalized spacial score (nSPS) is 14.0. The molecule has 8 heterocycles. The van der Waals surface area contributed by atoms with E-state index in [4.69, 9.17) is 17.1 Å². The number of aromatic amines is 2. The first-order chi connectivity index (χ1) is 28.3. The van der Waals surface area contributed by atoms with Crippen LogP contribution in [-0.2, 0) is 78.0 Å². The molecule has 0 aliphatic carbocycles. The summed E-state index contributed by atoms with van der Waals surface area (Å²) in [6.45, 7) is 19.6. The molecule has 0 unspecified atom stereocenters. The van der Waals surface area contributed by atoms with Crippen LogP contribution in [0.3, 0.4) is 0 Å². The zero-order chi connectivity index (χ0) is 42.2. The van der Waals surface area contributed by atoms with Gasteiger partial charge in [0.2, 0.25) is 0 Å². The Hall–Kier alpha value is -4.64. The molecule has 0 saturated carbocycles. The molecule has 2 aliphatic heterocycles. The van der Waals surface area contributed by atoms with Gasteiger partial charge in [-0.2, -0.15) is 10.2 Å². The summed E-state index contributed by atoms with van der Waals surface area (Å²) in [6, 6.07) is 6.40. The number of anilines is 2. The van der Waals surface area contributed by atoms with Gasteiger partial charge >= 0.3 is 22.5 Å². The summed E-state index contributed by atoms with van der Waals surface area (Å²) in [7, 11) is -2.18. The predicted molar refractivity (Wildman–Crippen MR) is 223 cm³/mol. The van der Waals surface area contributed by atoms with Crippen molar-refractivity contribution in [3.63, 3.8) is 0 Å². The molecule has 0 fully saturated rings. The van der Waals surface area contributed by atoms with E-state index in [-0.39, 0.29) is 6.61 Å². The minimum atomic E-state index is -1.44. The zero-order valence-corrected chi connectivity index (χ0v) is 37.8. The number of aldehydes is 1. The van der Waals surface area contributed by atoms with Crippen molar-refractivity contribution in [3.8, 4) is 0 Å². The molecule has 0 aromatic carbocycles. The molecule has 8 rings (SSSR count). The van der Waals surface area contributed by atoms with Gasteiger partial charge in [-0.05, 0) is 24.2 Å². The summed E-state index contributed by atoms with van der Waals surface area (Å²) in [5.41, 5.74) is 7.15. The fourth-order valence-electron chi connectivity index (χ4n) is 7.04. The van der Waals surface area contributed by atoms with Crippen molar-refractivity contribution in [3.05, 3.63) is 71.1 Å². The van der Waals surface area contributed by atoms with E-state index in [0.29, 0.717) is 32.2 Å². The Labute approximate surface area is 350 Å². The van der Waals surface area contributed by atoms with Gasteiger partial charge in [0.1, 0.15) is 54.7 Å². The van der Waals surface area contributed by atoms with E-state index in [1.165, 1.54) is 0 Å². The SMILES string of the molecule is C[Si](C)(C)CCOCn1ccc2c(N3CCc4[nH]nc(C=O)c4C3)ncnc21.C[Si](C)(C)CCOCn1ccc2c(N3CCc4[nH]nc(CO)c4C3)ncnc21.[O]=[Mn]=[O]. The van der Waals surface area contributed by atoms with Gasteiger partial charge in [0, 0.05) is 103 Å². The summed E-state index contributed by atoms with van der Waals surface area (Å²) in [5, 5.41) is 25.9. The molecule has 317 valence electrons. The van der Waals surface area contributed by atoms with Gasteiger partial charge in [-0.3, -0.25) is 15.0 Å². The molecule has 0 bridgehead atoms. The molecule has 0 atom stereocenters. The zero-order valence-electron chi connectivity index (χ0n) is 34.6. The van der Waals surface area contributed by atoms with E-state index >= 15 is 0 Å². The third kappa shape index (κ3) is 11.0. The number of rotatable bonds is 14. The minimum absolute atomic E-state index is 0.0516. The van der Waals surface area contributed by atoms with E-state index in [2.05, 4.69) is 95.5 Å². The molecular formula is C38H54MnN12O6Si2. The van der Waals surface area contributed by atoms with E-state index < -0.39 is 31.0 Å². The number of aliphatic hydroxyl groups excluding tert-OH is 1. The average molecular weight is 886 g/mol. The summed E-state index contributed by atoms with van der Waals surface area (Å²) >= 11 is -1.44. The molecule has 3 N–H and O–H groups in total. The Kier molecular flexibility index (Phi) is 14.6. The molecule has 0 radical (unpaired) electrons. The third-order valence-electron chi connectivity index (χ3n) is 10.4. The average Bonchev–Trinajstić information content (AvgIpc) is 4.02. The van der Waals surface area contributed by atoms with Gasteiger partial charge in [0.15, 0.2) is 6.29 Å². The van der Waals surface area contributed by atoms with Crippen LogP contribution in [0.25, 0.3) is 22.1 Å². The van der Waals surface area contributed by atoms with Crippen LogP contribution < -0.4 is 9.80 Å². The Balaban J connectivity index is 0.000000186. The number of nitrogens with one attached hydrogen (secondary N) is 2. The van der Waals surface area contributed by atoms with Crippen molar-refractivity contribution < 1.29 is 41.9 Å². The van der Waals surface area contributed by atoms with Crippen LogP contribution in [0.15, 0.2) is 37.2 Å². The first kappa shape index (κ1) is 43.9. The first-order valence-corrected chi connectivity index (χ1v) is 28.0. The van der Waals surface area contributed by atoms with Crippen molar-refractivity contribution in [2.75, 3.05) is 36.1 Å². The van der Waals surface area contributed by atoms with E-state index in [1.54, 1.807) is 12.7 Å². The van der Waals surface area contributed by atoms with Crippen LogP contribution in [0, 0.1) is 0 Å². The van der Waals surface area contributed by atoms with Crippen molar-refractivity contribution in [1.29, 1.82) is 0 Å². The second kappa shape index (κ2) is 19.6. The molecule has 21 heteroatoms. The second-order valence-corrected chi connectivity index (χ2v) is 28.5. The fraction of sp³-hybridized carbons (Fsp3) is 0.500. The van der Waals surface area contributed by atoms with Gasteiger partial charge in [-0.25, -0.2) is 19.9 Å². The molecule has 0 amide bonds. The van der Waals surface area contributed by atoms with Crippen LogP contribution >= 0.6 is 0 Å². The van der Waals surface area contributed by atoms with Gasteiger partial charge in [-0.15, -0.1) is 0 Å². The standard InChI is InChI=1S/C19H28N6O2Si.C19H26N6O2Si.Mn.2O/c2*1-28(2,3)9-8-27-13-25-6-4-14-18(20-12-21-19(14)25)24-7-5-16-15(10-24)17(11-26)23-22-16;;;/h4,6,12,26H,5,7-11,13H2,1-3H3,(H,22,23);4,6,11-12H,5,7-10,13H2,1-3H3,(H,22,23);;;. The van der Waals surface area contributed by atoms with Crippen LogP contribution in [0.4, 0.5) is 11.6 Å². The van der Waals surface area contributed by atoms with Crippen molar-refractivity contribution in [2.24, 2.45) is 0 Å². The topological polar surface area (TPSA) is 215 Å². The number of fused-ring (bicyclic) bond motifs is 4.